The molecule has 0 amide bonds. The molecule has 2 nitrogen and oxygen atoms in total. The molecule has 0 bridgehead atoms. The van der Waals surface area contributed by atoms with Crippen molar-refractivity contribution in [3.05, 3.63) is 35.9 Å². The van der Waals surface area contributed by atoms with Gasteiger partial charge in [-0.1, -0.05) is 24.3 Å². The minimum Gasteiger partial charge on any atom is -0.392 e. The molecule has 1 saturated heterocycles. The van der Waals surface area contributed by atoms with E-state index < -0.39 is 0 Å². The van der Waals surface area contributed by atoms with Crippen LogP contribution in [0, 0.1) is 0 Å². The Kier molecular flexibility index (Phi) is 3.41. The zero-order chi connectivity index (χ0) is 10.5. The van der Waals surface area contributed by atoms with Gasteiger partial charge in [0.05, 0.1) is 6.61 Å². The SMILES string of the molecule is OC/C=C/c1ccc(N2CCCC2)cc1. The molecule has 80 valence electrons. The maximum absolute atomic E-state index is 8.66. The lowest BCUT2D eigenvalue weighted by atomic mass is 10.2. The van der Waals surface area contributed by atoms with Gasteiger partial charge in [-0.2, -0.15) is 0 Å². The number of benzene rings is 1. The van der Waals surface area contributed by atoms with Crippen LogP contribution in [0.3, 0.4) is 0 Å². The van der Waals surface area contributed by atoms with E-state index in [1.807, 2.05) is 6.08 Å². The Morgan fingerprint density at radius 2 is 1.80 bits per heavy atom. The van der Waals surface area contributed by atoms with Crippen LogP contribution in [-0.2, 0) is 0 Å². The molecule has 0 spiro atoms. The fourth-order valence-corrected chi connectivity index (χ4v) is 1.96. The maximum atomic E-state index is 8.66. The third kappa shape index (κ3) is 2.60. The van der Waals surface area contributed by atoms with Gasteiger partial charge in [-0.3, -0.25) is 0 Å². The van der Waals surface area contributed by atoms with Crippen molar-refractivity contribution in [3.8, 4) is 0 Å². The zero-order valence-corrected chi connectivity index (χ0v) is 8.89. The fourth-order valence-electron chi connectivity index (χ4n) is 1.96. The molecule has 2 rings (SSSR count). The topological polar surface area (TPSA) is 23.5 Å². The minimum atomic E-state index is 0.105. The molecule has 0 aromatic heterocycles. The molecular formula is C13H17NO. The van der Waals surface area contributed by atoms with Crippen LogP contribution in [0.15, 0.2) is 30.3 Å². The van der Waals surface area contributed by atoms with E-state index in [1.165, 1.54) is 31.6 Å². The number of aliphatic hydroxyl groups excluding tert-OH is 1. The summed E-state index contributed by atoms with van der Waals surface area (Å²) in [5.41, 5.74) is 2.46. The smallest absolute Gasteiger partial charge is 0.0615 e. The van der Waals surface area contributed by atoms with Crippen molar-refractivity contribution in [1.29, 1.82) is 0 Å². The van der Waals surface area contributed by atoms with Gasteiger partial charge in [0, 0.05) is 18.8 Å². The van der Waals surface area contributed by atoms with Crippen LogP contribution in [0.25, 0.3) is 6.08 Å². The predicted molar refractivity (Wildman–Crippen MR) is 64.0 cm³/mol. The lowest BCUT2D eigenvalue weighted by Gasteiger charge is -2.17. The van der Waals surface area contributed by atoms with Crippen LogP contribution >= 0.6 is 0 Å². The summed E-state index contributed by atoms with van der Waals surface area (Å²) >= 11 is 0. The molecule has 1 aliphatic rings. The first kappa shape index (κ1) is 10.2. The summed E-state index contributed by atoms with van der Waals surface area (Å²) in [4.78, 5) is 2.42. The number of hydrogen-bond donors (Lipinski definition) is 1. The van der Waals surface area contributed by atoms with Crippen molar-refractivity contribution in [2.45, 2.75) is 12.8 Å². The molecule has 0 saturated carbocycles. The summed E-state index contributed by atoms with van der Waals surface area (Å²) in [6, 6.07) is 8.50. The van der Waals surface area contributed by atoms with Crippen molar-refractivity contribution >= 4 is 11.8 Å². The number of aliphatic hydroxyl groups is 1. The molecule has 0 aliphatic carbocycles. The van der Waals surface area contributed by atoms with Gasteiger partial charge in [0.25, 0.3) is 0 Å². The standard InChI is InChI=1S/C13H17NO/c15-11-3-4-12-5-7-13(8-6-12)14-9-1-2-10-14/h3-8,15H,1-2,9-11H2/b4-3+. The predicted octanol–water partition coefficient (Wildman–Crippen LogP) is 2.29. The molecule has 0 radical (unpaired) electrons. The zero-order valence-electron chi connectivity index (χ0n) is 8.89. The molecule has 2 heteroatoms. The summed E-state index contributed by atoms with van der Waals surface area (Å²) in [5, 5.41) is 8.66. The molecule has 1 aromatic rings. The highest BCUT2D eigenvalue weighted by atomic mass is 16.2. The first-order valence-corrected chi connectivity index (χ1v) is 5.52. The Morgan fingerprint density at radius 1 is 1.13 bits per heavy atom. The van der Waals surface area contributed by atoms with Gasteiger partial charge in [-0.25, -0.2) is 0 Å². The molecular weight excluding hydrogens is 186 g/mol. The average Bonchev–Trinajstić information content (AvgIpc) is 2.80. The fraction of sp³-hybridized carbons (Fsp3) is 0.385. The summed E-state index contributed by atoms with van der Waals surface area (Å²) in [7, 11) is 0. The molecule has 15 heavy (non-hydrogen) atoms. The van der Waals surface area contributed by atoms with Crippen LogP contribution < -0.4 is 4.90 Å². The summed E-state index contributed by atoms with van der Waals surface area (Å²) in [5.74, 6) is 0. The number of anilines is 1. The van der Waals surface area contributed by atoms with Crippen LogP contribution in [-0.4, -0.2) is 24.8 Å². The third-order valence-corrected chi connectivity index (χ3v) is 2.78. The second kappa shape index (κ2) is 4.99. The first-order chi connectivity index (χ1) is 7.40. The molecule has 1 aromatic carbocycles. The highest BCUT2D eigenvalue weighted by molar-refractivity contribution is 5.56. The lowest BCUT2D eigenvalue weighted by molar-refractivity contribution is 0.343. The van der Waals surface area contributed by atoms with Gasteiger partial charge < -0.3 is 10.0 Å². The molecule has 0 atom stereocenters. The minimum absolute atomic E-state index is 0.105. The van der Waals surface area contributed by atoms with Gasteiger partial charge in [-0.15, -0.1) is 0 Å². The van der Waals surface area contributed by atoms with Crippen molar-refractivity contribution in [2.24, 2.45) is 0 Å². The Labute approximate surface area is 90.8 Å². The maximum Gasteiger partial charge on any atom is 0.0615 e. The van der Waals surface area contributed by atoms with E-state index >= 15 is 0 Å². The molecule has 1 N–H and O–H groups in total. The van der Waals surface area contributed by atoms with Crippen molar-refractivity contribution in [3.63, 3.8) is 0 Å². The van der Waals surface area contributed by atoms with E-state index in [0.717, 1.165) is 5.56 Å². The van der Waals surface area contributed by atoms with E-state index in [4.69, 9.17) is 5.11 Å². The average molecular weight is 203 g/mol. The van der Waals surface area contributed by atoms with Crippen molar-refractivity contribution < 1.29 is 5.11 Å². The largest absolute Gasteiger partial charge is 0.392 e. The molecule has 1 aliphatic heterocycles. The number of hydrogen-bond acceptors (Lipinski definition) is 2. The third-order valence-electron chi connectivity index (χ3n) is 2.78. The Balaban J connectivity index is 2.06. The van der Waals surface area contributed by atoms with Crippen LogP contribution in [0.2, 0.25) is 0 Å². The van der Waals surface area contributed by atoms with Gasteiger partial charge >= 0.3 is 0 Å². The Hall–Kier alpha value is -1.28. The Bertz CT molecular complexity index is 323. The summed E-state index contributed by atoms with van der Waals surface area (Å²) in [6.45, 7) is 2.48. The molecule has 1 fully saturated rings. The first-order valence-electron chi connectivity index (χ1n) is 5.52. The lowest BCUT2D eigenvalue weighted by Crippen LogP contribution is -2.17. The highest BCUT2D eigenvalue weighted by Gasteiger charge is 2.11. The highest BCUT2D eigenvalue weighted by Crippen LogP contribution is 2.20. The summed E-state index contributed by atoms with van der Waals surface area (Å²) < 4.78 is 0. The van der Waals surface area contributed by atoms with Crippen LogP contribution in [0.1, 0.15) is 18.4 Å². The van der Waals surface area contributed by atoms with Gasteiger partial charge in [-0.05, 0) is 30.5 Å². The van der Waals surface area contributed by atoms with Crippen LogP contribution in [0.5, 0.6) is 0 Å². The monoisotopic (exact) mass is 203 g/mol. The van der Waals surface area contributed by atoms with Gasteiger partial charge in [0.15, 0.2) is 0 Å². The second-order valence-corrected chi connectivity index (χ2v) is 3.87. The van der Waals surface area contributed by atoms with Crippen molar-refractivity contribution in [2.75, 3.05) is 24.6 Å². The van der Waals surface area contributed by atoms with E-state index in [0.29, 0.717) is 0 Å². The van der Waals surface area contributed by atoms with Gasteiger partial charge in [0.1, 0.15) is 0 Å². The van der Waals surface area contributed by atoms with Gasteiger partial charge in [0.2, 0.25) is 0 Å². The second-order valence-electron chi connectivity index (χ2n) is 3.87. The Morgan fingerprint density at radius 3 is 2.40 bits per heavy atom. The van der Waals surface area contributed by atoms with E-state index in [1.54, 1.807) is 6.08 Å². The number of rotatable bonds is 3. The van der Waals surface area contributed by atoms with E-state index in [9.17, 15) is 0 Å². The van der Waals surface area contributed by atoms with Crippen molar-refractivity contribution in [1.82, 2.24) is 0 Å². The van der Waals surface area contributed by atoms with E-state index in [2.05, 4.69) is 29.2 Å². The normalized spacial score (nSPS) is 16.5. The molecule has 1 heterocycles. The number of nitrogens with zero attached hydrogens (tertiary/aromatic N) is 1. The summed E-state index contributed by atoms with van der Waals surface area (Å²) in [6.07, 6.45) is 6.32. The molecule has 0 unspecified atom stereocenters. The quantitative estimate of drug-likeness (QED) is 0.814. The van der Waals surface area contributed by atoms with E-state index in [-0.39, 0.29) is 6.61 Å². The van der Waals surface area contributed by atoms with Crippen LogP contribution in [0.4, 0.5) is 5.69 Å².